The summed E-state index contributed by atoms with van der Waals surface area (Å²) in [4.78, 5) is 0.0658. The van der Waals surface area contributed by atoms with Crippen molar-refractivity contribution < 1.29 is 14.5 Å². The van der Waals surface area contributed by atoms with E-state index in [2.05, 4.69) is 4.72 Å². The lowest BCUT2D eigenvalue weighted by molar-refractivity contribution is -0.725. The van der Waals surface area contributed by atoms with Crippen LogP contribution in [0.1, 0.15) is 0 Å². The number of hydrogen-bond acceptors (Lipinski definition) is 4. The molecule has 0 aromatic heterocycles. The Morgan fingerprint density at radius 1 is 1.19 bits per heavy atom. The summed E-state index contributed by atoms with van der Waals surface area (Å²) in [5.41, 5.74) is -0.0855. The van der Waals surface area contributed by atoms with E-state index in [4.69, 9.17) is 40.0 Å². The van der Waals surface area contributed by atoms with E-state index >= 15 is 0 Å². The third-order valence-electron chi connectivity index (χ3n) is 2.49. The molecule has 0 fully saturated rings. The summed E-state index contributed by atoms with van der Waals surface area (Å²) in [7, 11) is 0. The fourth-order valence-electron chi connectivity index (χ4n) is 1.48. The minimum absolute atomic E-state index is 0.0855. The second-order valence-electron chi connectivity index (χ2n) is 4.04. The van der Waals surface area contributed by atoms with E-state index in [1.165, 1.54) is 12.1 Å². The molecule has 9 heteroatoms. The van der Waals surface area contributed by atoms with Gasteiger partial charge in [0.15, 0.2) is 0 Å². The van der Waals surface area contributed by atoms with Crippen LogP contribution in [0.25, 0.3) is 0 Å². The van der Waals surface area contributed by atoms with Crippen LogP contribution in [0.5, 0.6) is 0 Å². The molecular formula is C12H8Cl3FN2O2S. The number of benzene rings is 1. The zero-order valence-corrected chi connectivity index (χ0v) is 13.3. The maximum Gasteiger partial charge on any atom is 0.267 e. The Kier molecular flexibility index (Phi) is 5.06. The summed E-state index contributed by atoms with van der Waals surface area (Å²) >= 11 is 18.7. The van der Waals surface area contributed by atoms with Crippen molar-refractivity contribution in [3.63, 3.8) is 0 Å². The standard InChI is InChI=1S/C12H8Cl3FN2O2S/c13-7-5-9(14)11(10(15)6-7)21-17-12(16)3-1-8(2-4-12)18(19)20/h1-6,17H,(H,19,20). The Labute approximate surface area is 139 Å². The van der Waals surface area contributed by atoms with Crippen molar-refractivity contribution in [2.45, 2.75) is 10.7 Å². The van der Waals surface area contributed by atoms with Gasteiger partial charge in [0.2, 0.25) is 5.79 Å². The van der Waals surface area contributed by atoms with Gasteiger partial charge in [-0.3, -0.25) is 5.21 Å². The van der Waals surface area contributed by atoms with Gasteiger partial charge in [-0.05, 0) is 36.2 Å². The van der Waals surface area contributed by atoms with Gasteiger partial charge in [-0.1, -0.05) is 34.8 Å². The molecule has 0 spiro atoms. The molecule has 1 aromatic carbocycles. The first kappa shape index (κ1) is 16.5. The van der Waals surface area contributed by atoms with Crippen LogP contribution in [0, 0.1) is 5.21 Å². The van der Waals surface area contributed by atoms with Crippen LogP contribution in [-0.4, -0.2) is 21.6 Å². The number of rotatable bonds is 3. The molecule has 0 saturated carbocycles. The predicted molar refractivity (Wildman–Crippen MR) is 83.0 cm³/mol. The molecule has 0 bridgehead atoms. The van der Waals surface area contributed by atoms with Crippen molar-refractivity contribution in [1.82, 2.24) is 4.72 Å². The highest BCUT2D eigenvalue weighted by Gasteiger charge is 2.28. The SMILES string of the molecule is [O-][N+](O)=C1C=CC(F)(NSc2c(Cl)cc(Cl)cc2Cl)C=C1. The summed E-state index contributed by atoms with van der Waals surface area (Å²) in [6.45, 7) is 0. The van der Waals surface area contributed by atoms with Gasteiger partial charge in [-0.15, -0.1) is 0 Å². The van der Waals surface area contributed by atoms with E-state index in [9.17, 15) is 9.60 Å². The normalized spacial score (nSPS) is 20.9. The first-order valence-electron chi connectivity index (χ1n) is 5.50. The Bertz CT molecular complexity index is 621. The molecule has 1 aliphatic carbocycles. The maximum atomic E-state index is 14.4. The molecule has 112 valence electrons. The van der Waals surface area contributed by atoms with E-state index in [1.807, 2.05) is 0 Å². The van der Waals surface area contributed by atoms with Crippen LogP contribution < -0.4 is 4.72 Å². The highest BCUT2D eigenvalue weighted by Crippen LogP contribution is 2.36. The van der Waals surface area contributed by atoms with E-state index in [1.54, 1.807) is 0 Å². The molecule has 0 amide bonds. The van der Waals surface area contributed by atoms with E-state index < -0.39 is 5.79 Å². The molecule has 1 aromatic rings. The number of allylic oxidation sites excluding steroid dienone is 2. The van der Waals surface area contributed by atoms with Gasteiger partial charge in [-0.25, -0.2) is 9.11 Å². The molecule has 1 aliphatic rings. The summed E-state index contributed by atoms with van der Waals surface area (Å²) in [6, 6.07) is 2.98. The monoisotopic (exact) mass is 368 g/mol. The quantitative estimate of drug-likeness (QED) is 0.273. The third kappa shape index (κ3) is 4.05. The van der Waals surface area contributed by atoms with Gasteiger partial charge in [0.05, 0.1) is 14.9 Å². The van der Waals surface area contributed by atoms with E-state index in [0.29, 0.717) is 9.92 Å². The number of nitrogens with one attached hydrogen (secondary N) is 1. The van der Waals surface area contributed by atoms with Crippen LogP contribution in [0.2, 0.25) is 15.1 Å². The number of halogens is 4. The zero-order chi connectivity index (χ0) is 15.6. The Morgan fingerprint density at radius 3 is 2.19 bits per heavy atom. The van der Waals surface area contributed by atoms with Crippen LogP contribution in [0.4, 0.5) is 4.39 Å². The van der Waals surface area contributed by atoms with Crippen molar-refractivity contribution in [1.29, 1.82) is 0 Å². The summed E-state index contributed by atoms with van der Waals surface area (Å²) in [5.74, 6) is -2.02. The summed E-state index contributed by atoms with van der Waals surface area (Å²) < 4.78 is 16.9. The van der Waals surface area contributed by atoms with Crippen molar-refractivity contribution in [3.05, 3.63) is 56.7 Å². The van der Waals surface area contributed by atoms with E-state index in [0.717, 1.165) is 36.3 Å². The van der Waals surface area contributed by atoms with Gasteiger partial charge in [-0.2, -0.15) is 0 Å². The average molecular weight is 370 g/mol. The molecule has 21 heavy (non-hydrogen) atoms. The molecule has 0 atom stereocenters. The predicted octanol–water partition coefficient (Wildman–Crippen LogP) is 4.38. The summed E-state index contributed by atoms with van der Waals surface area (Å²) in [6.07, 6.45) is 4.44. The van der Waals surface area contributed by atoms with Gasteiger partial charge < -0.3 is 5.21 Å². The lowest BCUT2D eigenvalue weighted by Gasteiger charge is -2.21. The Morgan fingerprint density at radius 2 is 1.71 bits per heavy atom. The molecule has 0 aliphatic heterocycles. The fourth-order valence-corrected chi connectivity index (χ4v) is 3.23. The van der Waals surface area contributed by atoms with Gasteiger partial charge in [0.1, 0.15) is 0 Å². The van der Waals surface area contributed by atoms with Crippen LogP contribution >= 0.6 is 46.8 Å². The van der Waals surface area contributed by atoms with E-state index in [-0.39, 0.29) is 20.7 Å². The third-order valence-corrected chi connectivity index (χ3v) is 4.58. The average Bonchev–Trinajstić information content (AvgIpc) is 2.37. The van der Waals surface area contributed by atoms with Crippen molar-refractivity contribution >= 4 is 52.5 Å². The first-order valence-corrected chi connectivity index (χ1v) is 7.45. The van der Waals surface area contributed by atoms with Crippen LogP contribution in [0.3, 0.4) is 0 Å². The second-order valence-corrected chi connectivity index (χ2v) is 6.10. The molecule has 0 unspecified atom stereocenters. The van der Waals surface area contributed by atoms with Crippen molar-refractivity contribution in [3.8, 4) is 0 Å². The molecule has 0 saturated heterocycles. The molecule has 2 N–H and O–H groups in total. The van der Waals surface area contributed by atoms with Crippen molar-refractivity contribution in [2.75, 3.05) is 0 Å². The van der Waals surface area contributed by atoms with Gasteiger partial charge in [0.25, 0.3) is 5.71 Å². The minimum Gasteiger partial charge on any atom is -0.417 e. The second kappa shape index (κ2) is 6.46. The minimum atomic E-state index is -2.02. The number of hydrogen-bond donors (Lipinski definition) is 2. The smallest absolute Gasteiger partial charge is 0.267 e. The molecular weight excluding hydrogens is 362 g/mol. The van der Waals surface area contributed by atoms with Gasteiger partial charge in [0, 0.05) is 22.1 Å². The number of alkyl halides is 1. The zero-order valence-electron chi connectivity index (χ0n) is 10.2. The fraction of sp³-hybridized carbons (Fsp3) is 0.0833. The first-order chi connectivity index (χ1) is 9.81. The van der Waals surface area contributed by atoms with Gasteiger partial charge >= 0.3 is 0 Å². The Balaban J connectivity index is 2.13. The molecule has 2 rings (SSSR count). The molecule has 0 radical (unpaired) electrons. The van der Waals surface area contributed by atoms with Crippen LogP contribution in [-0.2, 0) is 0 Å². The Hall–Kier alpha value is -0.920. The lowest BCUT2D eigenvalue weighted by atomic mass is 10.1. The molecule has 0 heterocycles. The summed E-state index contributed by atoms with van der Waals surface area (Å²) in [5, 5.41) is 20.3. The highest BCUT2D eigenvalue weighted by atomic mass is 35.5. The maximum absolute atomic E-state index is 14.4. The highest BCUT2D eigenvalue weighted by molar-refractivity contribution is 7.97. The van der Waals surface area contributed by atoms with Crippen molar-refractivity contribution in [2.24, 2.45) is 0 Å². The lowest BCUT2D eigenvalue weighted by Crippen LogP contribution is -2.34. The number of nitrogens with zero attached hydrogens (tertiary/aromatic N) is 1. The topological polar surface area (TPSA) is 58.3 Å². The van der Waals surface area contributed by atoms with Crippen LogP contribution in [0.15, 0.2) is 41.3 Å². The molecule has 4 nitrogen and oxygen atoms in total. The largest absolute Gasteiger partial charge is 0.417 e.